The number of hydrogen-bond donors (Lipinski definition) is 2. The first-order valence-electron chi connectivity index (χ1n) is 7.08. The first-order chi connectivity index (χ1) is 10.1. The highest BCUT2D eigenvalue weighted by Crippen LogP contribution is 2.23. The average Bonchev–Trinajstić information content (AvgIpc) is 2.46. The maximum atomic E-state index is 10.6. The van der Waals surface area contributed by atoms with E-state index in [4.69, 9.17) is 22.0 Å². The second-order valence-electron chi connectivity index (χ2n) is 4.94. The number of hydrogen-bond acceptors (Lipinski definition) is 4. The van der Waals surface area contributed by atoms with Gasteiger partial charge in [0.05, 0.1) is 5.56 Å². The maximum absolute atomic E-state index is 10.6. The fourth-order valence-corrected chi connectivity index (χ4v) is 2.44. The van der Waals surface area contributed by atoms with Gasteiger partial charge in [-0.25, -0.2) is 4.98 Å². The Kier molecular flexibility index (Phi) is 7.55. The van der Waals surface area contributed by atoms with Gasteiger partial charge in [-0.3, -0.25) is 4.79 Å². The summed E-state index contributed by atoms with van der Waals surface area (Å²) in [6.07, 6.45) is 5.33. The molecule has 1 heterocycles. The highest BCUT2D eigenvalue weighted by Gasteiger charge is 2.11. The molecule has 0 aliphatic carbocycles. The molecule has 0 amide bonds. The predicted molar refractivity (Wildman–Crippen MR) is 82.3 cm³/mol. The Morgan fingerprint density at radius 1 is 1.52 bits per heavy atom. The fourth-order valence-electron chi connectivity index (χ4n) is 2.22. The molecule has 0 aromatic carbocycles. The second kappa shape index (κ2) is 9.19. The molecule has 2 N–H and O–H groups in total. The van der Waals surface area contributed by atoms with Gasteiger partial charge in [0.25, 0.3) is 0 Å². The zero-order valence-corrected chi connectivity index (χ0v) is 12.9. The zero-order chi connectivity index (χ0) is 15.7. The van der Waals surface area contributed by atoms with Crippen molar-refractivity contribution in [1.29, 1.82) is 5.26 Å². The number of nitriles is 1. The largest absolute Gasteiger partial charge is 0.481 e. The van der Waals surface area contributed by atoms with Gasteiger partial charge in [-0.1, -0.05) is 31.4 Å². The normalized spacial score (nSPS) is 11.7. The van der Waals surface area contributed by atoms with Gasteiger partial charge in [0.2, 0.25) is 0 Å². The summed E-state index contributed by atoms with van der Waals surface area (Å²) in [5.41, 5.74) is 0.394. The summed E-state index contributed by atoms with van der Waals surface area (Å²) in [5.74, 6) is 0.121. The van der Waals surface area contributed by atoms with Crippen LogP contribution < -0.4 is 5.32 Å². The van der Waals surface area contributed by atoms with Crippen molar-refractivity contribution in [2.45, 2.75) is 39.0 Å². The van der Waals surface area contributed by atoms with E-state index in [1.54, 1.807) is 12.3 Å². The molecule has 0 fully saturated rings. The number of carboxylic acids is 1. The van der Waals surface area contributed by atoms with Crippen LogP contribution in [0.2, 0.25) is 5.02 Å². The van der Waals surface area contributed by atoms with E-state index in [9.17, 15) is 4.79 Å². The minimum absolute atomic E-state index is 0.202. The Labute approximate surface area is 130 Å². The van der Waals surface area contributed by atoms with Crippen LogP contribution in [0.5, 0.6) is 0 Å². The molecule has 0 saturated heterocycles. The maximum Gasteiger partial charge on any atom is 0.303 e. The van der Waals surface area contributed by atoms with E-state index < -0.39 is 5.97 Å². The van der Waals surface area contributed by atoms with Crippen LogP contribution in [-0.2, 0) is 4.79 Å². The van der Waals surface area contributed by atoms with E-state index in [1.807, 2.05) is 6.07 Å². The second-order valence-corrected chi connectivity index (χ2v) is 5.31. The SMILES string of the molecule is CCCC(CCNc1nccc(C#N)c1Cl)CCC(=O)O. The molecule has 1 aromatic heterocycles. The van der Waals surface area contributed by atoms with Crippen molar-refractivity contribution in [3.8, 4) is 6.07 Å². The van der Waals surface area contributed by atoms with Crippen LogP contribution in [0.25, 0.3) is 0 Å². The zero-order valence-electron chi connectivity index (χ0n) is 12.1. The van der Waals surface area contributed by atoms with Crippen LogP contribution in [0.4, 0.5) is 5.82 Å². The molecule has 1 aromatic rings. The molecule has 1 rings (SSSR count). The first-order valence-corrected chi connectivity index (χ1v) is 7.46. The number of nitrogens with one attached hydrogen (secondary N) is 1. The summed E-state index contributed by atoms with van der Waals surface area (Å²) >= 11 is 6.06. The minimum atomic E-state index is -0.754. The van der Waals surface area contributed by atoms with E-state index in [0.717, 1.165) is 19.3 Å². The molecule has 6 heteroatoms. The van der Waals surface area contributed by atoms with Gasteiger partial charge in [0, 0.05) is 19.2 Å². The summed E-state index contributed by atoms with van der Waals surface area (Å²) in [7, 11) is 0. The monoisotopic (exact) mass is 309 g/mol. The van der Waals surface area contributed by atoms with Crippen LogP contribution in [0, 0.1) is 17.2 Å². The summed E-state index contributed by atoms with van der Waals surface area (Å²) < 4.78 is 0. The molecule has 0 saturated carbocycles. The Hall–Kier alpha value is -1.80. The molecule has 0 spiro atoms. The highest BCUT2D eigenvalue weighted by atomic mass is 35.5. The van der Waals surface area contributed by atoms with Gasteiger partial charge < -0.3 is 10.4 Å². The Balaban J connectivity index is 2.50. The molecule has 0 aliphatic rings. The lowest BCUT2D eigenvalue weighted by molar-refractivity contribution is -0.137. The number of aliphatic carboxylic acids is 1. The van der Waals surface area contributed by atoms with Crippen LogP contribution >= 0.6 is 11.6 Å². The summed E-state index contributed by atoms with van der Waals surface area (Å²) in [6, 6.07) is 3.58. The van der Waals surface area contributed by atoms with Crippen LogP contribution in [-0.4, -0.2) is 22.6 Å². The number of carboxylic acid groups (broad SMARTS) is 1. The van der Waals surface area contributed by atoms with E-state index in [0.29, 0.717) is 35.3 Å². The lowest BCUT2D eigenvalue weighted by atomic mass is 9.94. The number of pyridine rings is 1. The van der Waals surface area contributed by atoms with E-state index >= 15 is 0 Å². The van der Waals surface area contributed by atoms with Gasteiger partial charge in [-0.15, -0.1) is 0 Å². The van der Waals surface area contributed by atoms with Crippen molar-refractivity contribution >= 4 is 23.4 Å². The molecular weight excluding hydrogens is 290 g/mol. The van der Waals surface area contributed by atoms with Gasteiger partial charge in [-0.05, 0) is 24.8 Å². The molecule has 0 bridgehead atoms. The lowest BCUT2D eigenvalue weighted by Gasteiger charge is -2.16. The van der Waals surface area contributed by atoms with E-state index in [2.05, 4.69) is 17.2 Å². The summed E-state index contributed by atoms with van der Waals surface area (Å²) in [5, 5.41) is 21.1. The molecule has 21 heavy (non-hydrogen) atoms. The van der Waals surface area contributed by atoms with Crippen LogP contribution in [0.3, 0.4) is 0 Å². The van der Waals surface area contributed by atoms with Crippen molar-refractivity contribution in [2.24, 2.45) is 5.92 Å². The average molecular weight is 310 g/mol. The third-order valence-electron chi connectivity index (χ3n) is 3.32. The van der Waals surface area contributed by atoms with E-state index in [1.165, 1.54) is 0 Å². The molecular formula is C15H20ClN3O2. The Bertz CT molecular complexity index is 514. The number of rotatable bonds is 9. The number of halogens is 1. The Morgan fingerprint density at radius 3 is 2.90 bits per heavy atom. The molecule has 5 nitrogen and oxygen atoms in total. The molecule has 0 radical (unpaired) electrons. The van der Waals surface area contributed by atoms with Crippen molar-refractivity contribution < 1.29 is 9.90 Å². The molecule has 1 atom stereocenters. The van der Waals surface area contributed by atoms with Gasteiger partial charge >= 0.3 is 5.97 Å². The van der Waals surface area contributed by atoms with Crippen molar-refractivity contribution in [2.75, 3.05) is 11.9 Å². The third kappa shape index (κ3) is 6.01. The van der Waals surface area contributed by atoms with Gasteiger partial charge in [0.15, 0.2) is 0 Å². The van der Waals surface area contributed by atoms with Crippen molar-refractivity contribution in [3.63, 3.8) is 0 Å². The fraction of sp³-hybridized carbons (Fsp3) is 0.533. The highest BCUT2D eigenvalue weighted by molar-refractivity contribution is 6.34. The Morgan fingerprint density at radius 2 is 2.29 bits per heavy atom. The molecule has 1 unspecified atom stereocenters. The smallest absolute Gasteiger partial charge is 0.303 e. The number of anilines is 1. The van der Waals surface area contributed by atoms with Crippen molar-refractivity contribution in [1.82, 2.24) is 4.98 Å². The topological polar surface area (TPSA) is 86.0 Å². The van der Waals surface area contributed by atoms with Gasteiger partial charge in [-0.2, -0.15) is 5.26 Å². The minimum Gasteiger partial charge on any atom is -0.481 e. The standard InChI is InChI=1S/C15H20ClN3O2/c1-2-3-11(4-5-13(20)21)6-8-18-15-14(16)12(10-17)7-9-19-15/h7,9,11H,2-6,8H2,1H3,(H,18,19)(H,20,21). The van der Waals surface area contributed by atoms with Crippen LogP contribution in [0.15, 0.2) is 12.3 Å². The van der Waals surface area contributed by atoms with Crippen molar-refractivity contribution in [3.05, 3.63) is 22.8 Å². The van der Waals surface area contributed by atoms with Crippen LogP contribution in [0.1, 0.15) is 44.6 Å². The van der Waals surface area contributed by atoms with Gasteiger partial charge in [0.1, 0.15) is 16.9 Å². The third-order valence-corrected chi connectivity index (χ3v) is 3.70. The number of aromatic nitrogens is 1. The molecule has 0 aliphatic heterocycles. The number of nitrogens with zero attached hydrogens (tertiary/aromatic N) is 2. The lowest BCUT2D eigenvalue weighted by Crippen LogP contribution is -2.12. The van der Waals surface area contributed by atoms with E-state index in [-0.39, 0.29) is 6.42 Å². The number of carbonyl (C=O) groups is 1. The summed E-state index contributed by atoms with van der Waals surface area (Å²) in [4.78, 5) is 14.8. The first kappa shape index (κ1) is 17.3. The quantitative estimate of drug-likeness (QED) is 0.726. The summed E-state index contributed by atoms with van der Waals surface area (Å²) in [6.45, 7) is 2.75. The predicted octanol–water partition coefficient (Wildman–Crippen LogP) is 3.69. The molecule has 114 valence electrons.